The summed E-state index contributed by atoms with van der Waals surface area (Å²) < 4.78 is 26.1. The van der Waals surface area contributed by atoms with Gasteiger partial charge in [0.25, 0.3) is 0 Å². The van der Waals surface area contributed by atoms with Gasteiger partial charge in [0.05, 0.1) is 12.9 Å². The highest BCUT2D eigenvalue weighted by Crippen LogP contribution is 2.36. The molecule has 0 radical (unpaired) electrons. The fourth-order valence-corrected chi connectivity index (χ4v) is 5.33. The number of halogens is 1. The molecular formula is C26H25FN4O4S2. The average molecular weight is 541 g/mol. The number of nitrogens with zero attached hydrogens (tertiary/aromatic N) is 3. The minimum absolute atomic E-state index is 0.0451. The maximum atomic E-state index is 13.3. The van der Waals surface area contributed by atoms with Crippen molar-refractivity contribution in [3.63, 3.8) is 0 Å². The number of ether oxygens (including phenoxy) is 2. The van der Waals surface area contributed by atoms with Crippen molar-refractivity contribution >= 4 is 40.0 Å². The third-order valence-electron chi connectivity index (χ3n) is 5.46. The second kappa shape index (κ2) is 11.6. The normalized spacial score (nSPS) is 11.7. The van der Waals surface area contributed by atoms with Gasteiger partial charge in [0, 0.05) is 18.0 Å². The molecule has 37 heavy (non-hydrogen) atoms. The second-order valence-corrected chi connectivity index (χ2v) is 9.99. The molecule has 0 fully saturated rings. The molecule has 2 heterocycles. The Labute approximate surface area is 221 Å². The number of benzene rings is 2. The first-order valence-corrected chi connectivity index (χ1v) is 13.1. The number of methoxy groups -OCH3 is 1. The number of thioether (sulfide) groups is 1. The highest BCUT2D eigenvalue weighted by Gasteiger charge is 2.23. The van der Waals surface area contributed by atoms with Crippen LogP contribution >= 0.6 is 23.1 Å². The molecule has 1 atom stereocenters. The van der Waals surface area contributed by atoms with E-state index in [0.717, 1.165) is 11.3 Å². The predicted molar refractivity (Wildman–Crippen MR) is 142 cm³/mol. The smallest absolute Gasteiger partial charge is 0.341 e. The van der Waals surface area contributed by atoms with Gasteiger partial charge in [0.2, 0.25) is 5.91 Å². The molecule has 4 aromatic rings. The van der Waals surface area contributed by atoms with E-state index in [-0.39, 0.29) is 29.1 Å². The van der Waals surface area contributed by atoms with Crippen molar-refractivity contribution in [2.75, 3.05) is 18.2 Å². The van der Waals surface area contributed by atoms with E-state index in [9.17, 15) is 14.0 Å². The van der Waals surface area contributed by atoms with Crippen molar-refractivity contribution in [2.24, 2.45) is 7.05 Å². The lowest BCUT2D eigenvalue weighted by molar-refractivity contribution is -0.113. The fraction of sp³-hybridized carbons (Fsp3) is 0.231. The summed E-state index contributed by atoms with van der Waals surface area (Å²) in [7, 11) is 3.08. The van der Waals surface area contributed by atoms with Crippen LogP contribution in [0.4, 0.5) is 9.39 Å². The molecule has 0 saturated carbocycles. The summed E-state index contributed by atoms with van der Waals surface area (Å²) >= 11 is 2.41. The summed E-state index contributed by atoms with van der Waals surface area (Å²) in [6, 6.07) is 13.5. The number of anilines is 1. The number of hydrogen-bond acceptors (Lipinski definition) is 8. The Morgan fingerprint density at radius 3 is 2.65 bits per heavy atom. The number of thiophene rings is 1. The van der Waals surface area contributed by atoms with Crippen molar-refractivity contribution in [1.29, 1.82) is 0 Å². The Kier molecular flexibility index (Phi) is 8.24. The zero-order chi connectivity index (χ0) is 26.5. The van der Waals surface area contributed by atoms with Gasteiger partial charge in [-0.3, -0.25) is 4.79 Å². The standard InChI is InChI=1S/C26H25FN4O4S2/c1-15-6-5-7-19(12-15)35-16(2)23-29-30-26(31(23)3)37-14-21(32)28-24-22(25(33)34-4)20(13-36-24)17-8-10-18(27)11-9-17/h5-13,16H,14H2,1-4H3,(H,28,32). The molecular weight excluding hydrogens is 515 g/mol. The van der Waals surface area contributed by atoms with Gasteiger partial charge < -0.3 is 19.4 Å². The van der Waals surface area contributed by atoms with Crippen molar-refractivity contribution in [3.05, 3.63) is 76.7 Å². The van der Waals surface area contributed by atoms with Crippen molar-refractivity contribution < 1.29 is 23.5 Å². The molecule has 1 amide bonds. The van der Waals surface area contributed by atoms with E-state index in [1.165, 1.54) is 42.3 Å². The quantitative estimate of drug-likeness (QED) is 0.217. The summed E-state index contributed by atoms with van der Waals surface area (Å²) in [5, 5.41) is 13.9. The number of hydrogen-bond donors (Lipinski definition) is 1. The van der Waals surface area contributed by atoms with E-state index < -0.39 is 5.97 Å². The van der Waals surface area contributed by atoms with Crippen molar-refractivity contribution in [3.8, 4) is 16.9 Å². The lowest BCUT2D eigenvalue weighted by Gasteiger charge is -2.14. The Morgan fingerprint density at radius 1 is 1.19 bits per heavy atom. The summed E-state index contributed by atoms with van der Waals surface area (Å²) in [5.74, 6) is 0.109. The zero-order valence-corrected chi connectivity index (χ0v) is 22.3. The van der Waals surface area contributed by atoms with Crippen LogP contribution in [0.15, 0.2) is 59.1 Å². The van der Waals surface area contributed by atoms with Crippen LogP contribution in [0, 0.1) is 12.7 Å². The molecule has 1 unspecified atom stereocenters. The molecule has 2 aromatic carbocycles. The second-order valence-electron chi connectivity index (χ2n) is 8.17. The van der Waals surface area contributed by atoms with Crippen LogP contribution in [0.5, 0.6) is 5.75 Å². The predicted octanol–water partition coefficient (Wildman–Crippen LogP) is 5.65. The minimum Gasteiger partial charge on any atom is -0.483 e. The number of rotatable bonds is 9. The molecule has 0 saturated heterocycles. The summed E-state index contributed by atoms with van der Waals surface area (Å²) in [6.45, 7) is 3.88. The molecule has 0 aliphatic rings. The lowest BCUT2D eigenvalue weighted by Crippen LogP contribution is -2.16. The topological polar surface area (TPSA) is 95.3 Å². The largest absolute Gasteiger partial charge is 0.483 e. The number of carbonyl (C=O) groups is 2. The van der Waals surface area contributed by atoms with Crippen LogP contribution < -0.4 is 10.1 Å². The highest BCUT2D eigenvalue weighted by molar-refractivity contribution is 7.99. The van der Waals surface area contributed by atoms with Crippen LogP contribution in [-0.2, 0) is 16.6 Å². The van der Waals surface area contributed by atoms with Crippen LogP contribution in [0.3, 0.4) is 0 Å². The zero-order valence-electron chi connectivity index (χ0n) is 20.6. The van der Waals surface area contributed by atoms with Crippen LogP contribution in [-0.4, -0.2) is 39.5 Å². The van der Waals surface area contributed by atoms with Crippen LogP contribution in [0.2, 0.25) is 0 Å². The van der Waals surface area contributed by atoms with Crippen LogP contribution in [0.1, 0.15) is 34.8 Å². The summed E-state index contributed by atoms with van der Waals surface area (Å²) in [6.07, 6.45) is -0.346. The number of aryl methyl sites for hydroxylation is 1. The van der Waals surface area contributed by atoms with Crippen LogP contribution in [0.25, 0.3) is 11.1 Å². The highest BCUT2D eigenvalue weighted by atomic mass is 32.2. The van der Waals surface area contributed by atoms with Gasteiger partial charge in [-0.1, -0.05) is 36.0 Å². The van der Waals surface area contributed by atoms with E-state index >= 15 is 0 Å². The molecule has 1 N–H and O–H groups in total. The van der Waals surface area contributed by atoms with Crippen molar-refractivity contribution in [1.82, 2.24) is 14.8 Å². The van der Waals surface area contributed by atoms with Gasteiger partial charge in [-0.15, -0.1) is 21.5 Å². The maximum absolute atomic E-state index is 13.3. The third kappa shape index (κ3) is 6.17. The van der Waals surface area contributed by atoms with E-state index in [1.807, 2.05) is 45.2 Å². The maximum Gasteiger partial charge on any atom is 0.341 e. The molecule has 11 heteroatoms. The lowest BCUT2D eigenvalue weighted by atomic mass is 10.0. The first-order valence-electron chi connectivity index (χ1n) is 11.3. The third-order valence-corrected chi connectivity index (χ3v) is 7.37. The average Bonchev–Trinajstić information content (AvgIpc) is 3.46. The number of carbonyl (C=O) groups excluding carboxylic acids is 2. The van der Waals surface area contributed by atoms with Gasteiger partial charge in [-0.2, -0.15) is 0 Å². The Bertz CT molecular complexity index is 1420. The fourth-order valence-electron chi connectivity index (χ4n) is 3.64. The molecule has 0 bridgehead atoms. The number of nitrogens with one attached hydrogen (secondary N) is 1. The molecule has 0 aliphatic carbocycles. The minimum atomic E-state index is -0.593. The van der Waals surface area contributed by atoms with E-state index in [1.54, 1.807) is 22.1 Å². The molecule has 0 aliphatic heterocycles. The molecule has 192 valence electrons. The first-order chi connectivity index (χ1) is 17.8. The monoisotopic (exact) mass is 540 g/mol. The number of aromatic nitrogens is 3. The van der Waals surface area contributed by atoms with Crippen molar-refractivity contribution in [2.45, 2.75) is 25.1 Å². The number of esters is 1. The van der Waals surface area contributed by atoms with E-state index in [4.69, 9.17) is 9.47 Å². The van der Waals surface area contributed by atoms with Gasteiger partial charge in [-0.25, -0.2) is 9.18 Å². The first kappa shape index (κ1) is 26.4. The van der Waals surface area contributed by atoms with Gasteiger partial charge in [0.15, 0.2) is 17.1 Å². The Balaban J connectivity index is 1.43. The Hall–Kier alpha value is -3.70. The van der Waals surface area contributed by atoms with E-state index in [0.29, 0.717) is 27.1 Å². The Morgan fingerprint density at radius 2 is 1.95 bits per heavy atom. The molecule has 8 nitrogen and oxygen atoms in total. The number of amides is 1. The molecule has 4 rings (SSSR count). The van der Waals surface area contributed by atoms with Gasteiger partial charge in [0.1, 0.15) is 22.1 Å². The van der Waals surface area contributed by atoms with E-state index in [2.05, 4.69) is 15.5 Å². The van der Waals surface area contributed by atoms with Gasteiger partial charge in [-0.05, 0) is 49.2 Å². The molecule has 2 aromatic heterocycles. The summed E-state index contributed by atoms with van der Waals surface area (Å²) in [5.41, 5.74) is 2.51. The summed E-state index contributed by atoms with van der Waals surface area (Å²) in [4.78, 5) is 25.3. The SMILES string of the molecule is COC(=O)c1c(-c2ccc(F)cc2)csc1NC(=O)CSc1nnc(C(C)Oc2cccc(C)c2)n1C. The molecule has 0 spiro atoms. The van der Waals surface area contributed by atoms with Gasteiger partial charge >= 0.3 is 5.97 Å².